The van der Waals surface area contributed by atoms with Crippen LogP contribution in [-0.4, -0.2) is 39.7 Å². The molecule has 1 amide bonds. The number of amides is 1. The maximum absolute atomic E-state index is 12.7. The Hall–Kier alpha value is -1.79. The molecule has 3 rings (SSSR count). The Labute approximate surface area is 129 Å². The molecular formula is C15H18N4OS. The Balaban J connectivity index is 1.79. The maximum Gasteiger partial charge on any atom is 0.272 e. The van der Waals surface area contributed by atoms with Gasteiger partial charge in [-0.3, -0.25) is 9.52 Å². The van der Waals surface area contributed by atoms with Crippen LogP contribution in [0.5, 0.6) is 0 Å². The van der Waals surface area contributed by atoms with E-state index in [1.165, 1.54) is 0 Å². The van der Waals surface area contributed by atoms with Gasteiger partial charge in [0.1, 0.15) is 5.69 Å². The summed E-state index contributed by atoms with van der Waals surface area (Å²) in [4.78, 5) is 14.6. The average Bonchev–Trinajstić information content (AvgIpc) is 3.04. The monoisotopic (exact) mass is 302 g/mol. The molecule has 0 aliphatic carbocycles. The number of hydrogen-bond donors (Lipinski definition) is 2. The van der Waals surface area contributed by atoms with Gasteiger partial charge in [-0.05, 0) is 31.0 Å². The number of para-hydroxylation sites is 1. The molecule has 1 fully saturated rings. The third-order valence-electron chi connectivity index (χ3n) is 3.83. The minimum absolute atomic E-state index is 0.0361. The zero-order chi connectivity index (χ0) is 14.7. The molecule has 1 aliphatic rings. The fourth-order valence-corrected chi connectivity index (χ4v) is 2.87. The van der Waals surface area contributed by atoms with E-state index in [0.29, 0.717) is 11.7 Å². The fraction of sp³-hybridized carbons (Fsp3) is 0.333. The van der Waals surface area contributed by atoms with Gasteiger partial charge < -0.3 is 4.90 Å². The van der Waals surface area contributed by atoms with E-state index in [-0.39, 0.29) is 5.91 Å². The van der Waals surface area contributed by atoms with E-state index >= 15 is 0 Å². The summed E-state index contributed by atoms with van der Waals surface area (Å²) in [5, 5.41) is 4.28. The second-order valence-corrected chi connectivity index (χ2v) is 5.42. The maximum atomic E-state index is 12.7. The number of likely N-dealkylation sites (tertiary alicyclic amines) is 1. The fourth-order valence-electron chi connectivity index (χ4n) is 2.61. The highest BCUT2D eigenvalue weighted by atomic mass is 32.1. The van der Waals surface area contributed by atoms with Crippen molar-refractivity contribution >= 4 is 18.7 Å². The third-order valence-corrected chi connectivity index (χ3v) is 4.19. The first-order chi connectivity index (χ1) is 10.3. The number of benzene rings is 1. The van der Waals surface area contributed by atoms with Crippen LogP contribution < -0.4 is 4.72 Å². The molecule has 21 heavy (non-hydrogen) atoms. The topological polar surface area (TPSA) is 50.2 Å². The Kier molecular flexibility index (Phi) is 4.26. The van der Waals surface area contributed by atoms with Crippen LogP contribution in [0.2, 0.25) is 0 Å². The molecular weight excluding hydrogens is 284 g/mol. The van der Waals surface area contributed by atoms with Gasteiger partial charge in [-0.2, -0.15) is 5.10 Å². The Bertz CT molecular complexity index is 605. The third kappa shape index (κ3) is 2.96. The molecule has 0 saturated carbocycles. The first-order valence-electron chi connectivity index (χ1n) is 7.08. The van der Waals surface area contributed by atoms with Gasteiger partial charge in [-0.25, -0.2) is 4.68 Å². The van der Waals surface area contributed by atoms with Crippen molar-refractivity contribution in [2.75, 3.05) is 13.1 Å². The highest BCUT2D eigenvalue weighted by Crippen LogP contribution is 2.16. The molecule has 1 N–H and O–H groups in total. The average molecular weight is 302 g/mol. The second-order valence-electron chi connectivity index (χ2n) is 5.16. The van der Waals surface area contributed by atoms with Gasteiger partial charge in [0.05, 0.1) is 11.9 Å². The first kappa shape index (κ1) is 14.2. The van der Waals surface area contributed by atoms with Gasteiger partial charge in [0.25, 0.3) is 5.91 Å². The number of aromatic nitrogens is 2. The Morgan fingerprint density at radius 3 is 2.57 bits per heavy atom. The van der Waals surface area contributed by atoms with Crippen molar-refractivity contribution in [1.29, 1.82) is 0 Å². The van der Waals surface area contributed by atoms with Gasteiger partial charge >= 0.3 is 0 Å². The summed E-state index contributed by atoms with van der Waals surface area (Å²) in [6.07, 6.45) is 3.52. The second kappa shape index (κ2) is 6.32. The molecule has 110 valence electrons. The summed E-state index contributed by atoms with van der Waals surface area (Å²) in [7, 11) is 0. The smallest absolute Gasteiger partial charge is 0.272 e. The lowest BCUT2D eigenvalue weighted by Crippen LogP contribution is -2.43. The van der Waals surface area contributed by atoms with E-state index in [9.17, 15) is 4.79 Å². The van der Waals surface area contributed by atoms with Crippen LogP contribution in [0.1, 0.15) is 23.3 Å². The molecule has 0 radical (unpaired) electrons. The number of nitrogens with zero attached hydrogens (tertiary/aromatic N) is 3. The van der Waals surface area contributed by atoms with Crippen LogP contribution in [0.15, 0.2) is 42.6 Å². The standard InChI is InChI=1S/C15H18N4OS/c20-15(18-10-7-12(17-21)8-11-18)14-6-9-16-19(14)13-4-2-1-3-5-13/h1-6,9,12,17,21H,7-8,10-11H2. The van der Waals surface area contributed by atoms with Crippen molar-refractivity contribution in [3.63, 3.8) is 0 Å². The number of carbonyl (C=O) groups is 1. The molecule has 1 aromatic heterocycles. The molecule has 0 atom stereocenters. The summed E-state index contributed by atoms with van der Waals surface area (Å²) < 4.78 is 4.67. The summed E-state index contributed by atoms with van der Waals surface area (Å²) >= 11 is 4.10. The van der Waals surface area contributed by atoms with Crippen LogP contribution in [-0.2, 0) is 0 Å². The summed E-state index contributed by atoms with van der Waals surface area (Å²) in [5.74, 6) is 0.0361. The van der Waals surface area contributed by atoms with Crippen LogP contribution in [0.3, 0.4) is 0 Å². The first-order valence-corrected chi connectivity index (χ1v) is 7.52. The minimum Gasteiger partial charge on any atom is -0.337 e. The van der Waals surface area contributed by atoms with Gasteiger partial charge in [0, 0.05) is 19.1 Å². The zero-order valence-electron chi connectivity index (χ0n) is 11.6. The van der Waals surface area contributed by atoms with E-state index in [2.05, 4.69) is 22.6 Å². The predicted molar refractivity (Wildman–Crippen MR) is 84.6 cm³/mol. The van der Waals surface area contributed by atoms with Crippen LogP contribution >= 0.6 is 12.8 Å². The summed E-state index contributed by atoms with van der Waals surface area (Å²) in [6, 6.07) is 11.9. The molecule has 1 aromatic carbocycles. The lowest BCUT2D eigenvalue weighted by Gasteiger charge is -2.31. The highest BCUT2D eigenvalue weighted by Gasteiger charge is 2.25. The zero-order valence-corrected chi connectivity index (χ0v) is 12.5. The number of nitrogens with one attached hydrogen (secondary N) is 1. The molecule has 2 aromatic rings. The quantitative estimate of drug-likeness (QED) is 0.852. The lowest BCUT2D eigenvalue weighted by molar-refractivity contribution is 0.0702. The van der Waals surface area contributed by atoms with E-state index in [0.717, 1.165) is 31.6 Å². The van der Waals surface area contributed by atoms with Crippen molar-refractivity contribution in [2.45, 2.75) is 18.9 Å². The van der Waals surface area contributed by atoms with E-state index < -0.39 is 0 Å². The molecule has 1 aliphatic heterocycles. The van der Waals surface area contributed by atoms with Crippen molar-refractivity contribution in [1.82, 2.24) is 19.4 Å². The van der Waals surface area contributed by atoms with Crippen molar-refractivity contribution in [2.24, 2.45) is 0 Å². The van der Waals surface area contributed by atoms with Crippen molar-refractivity contribution in [3.8, 4) is 5.69 Å². The molecule has 0 unspecified atom stereocenters. The van der Waals surface area contributed by atoms with E-state index in [4.69, 9.17) is 0 Å². The Morgan fingerprint density at radius 1 is 1.19 bits per heavy atom. The molecule has 1 saturated heterocycles. The highest BCUT2D eigenvalue weighted by molar-refractivity contribution is 7.78. The summed E-state index contributed by atoms with van der Waals surface area (Å²) in [5.41, 5.74) is 1.51. The molecule has 5 nitrogen and oxygen atoms in total. The van der Waals surface area contributed by atoms with Crippen LogP contribution in [0.4, 0.5) is 0 Å². The Morgan fingerprint density at radius 2 is 1.90 bits per heavy atom. The predicted octanol–water partition coefficient (Wildman–Crippen LogP) is 1.91. The molecule has 6 heteroatoms. The lowest BCUT2D eigenvalue weighted by atomic mass is 10.1. The number of rotatable bonds is 3. The van der Waals surface area contributed by atoms with Crippen LogP contribution in [0, 0.1) is 0 Å². The summed E-state index contributed by atoms with van der Waals surface area (Å²) in [6.45, 7) is 1.49. The SMILES string of the molecule is O=C(c1ccnn1-c1ccccc1)N1CCC(NS)CC1. The van der Waals surface area contributed by atoms with Crippen molar-refractivity contribution < 1.29 is 4.79 Å². The van der Waals surface area contributed by atoms with Gasteiger partial charge in [0.2, 0.25) is 0 Å². The normalized spacial score (nSPS) is 16.1. The number of hydrogen-bond acceptors (Lipinski definition) is 4. The van der Waals surface area contributed by atoms with Gasteiger partial charge in [0.15, 0.2) is 0 Å². The largest absolute Gasteiger partial charge is 0.337 e. The van der Waals surface area contributed by atoms with Crippen molar-refractivity contribution in [3.05, 3.63) is 48.3 Å². The van der Waals surface area contributed by atoms with Gasteiger partial charge in [-0.1, -0.05) is 31.0 Å². The number of carbonyl (C=O) groups excluding carboxylic acids is 1. The molecule has 0 bridgehead atoms. The van der Waals surface area contributed by atoms with Crippen LogP contribution in [0.25, 0.3) is 5.69 Å². The van der Waals surface area contributed by atoms with E-state index in [1.54, 1.807) is 16.9 Å². The minimum atomic E-state index is 0.0361. The molecule has 2 heterocycles. The number of thiol groups is 1. The number of piperidine rings is 1. The van der Waals surface area contributed by atoms with Gasteiger partial charge in [-0.15, -0.1) is 0 Å². The van der Waals surface area contributed by atoms with E-state index in [1.807, 2.05) is 35.2 Å². The molecule has 0 spiro atoms.